The van der Waals surface area contributed by atoms with E-state index in [9.17, 15) is 8.78 Å². The molecule has 0 aliphatic carbocycles. The number of likely N-dealkylation sites (tertiary alicyclic amines) is 1. The van der Waals surface area contributed by atoms with Crippen LogP contribution in [0, 0.1) is 18.3 Å². The van der Waals surface area contributed by atoms with Gasteiger partial charge in [-0.25, -0.2) is 9.97 Å². The smallest absolute Gasteiger partial charge is 0.388 e. The van der Waals surface area contributed by atoms with Crippen LogP contribution in [0.2, 0.25) is 0 Å². The molecular formula is C25H37F2N3O4S. The van der Waals surface area contributed by atoms with Crippen molar-refractivity contribution in [1.82, 2.24) is 14.9 Å². The molecule has 1 saturated heterocycles. The van der Waals surface area contributed by atoms with Gasteiger partial charge in [-0.15, -0.1) is 11.3 Å². The summed E-state index contributed by atoms with van der Waals surface area (Å²) in [5, 5.41) is 0.652. The normalized spacial score (nSPS) is 18.7. The largest absolute Gasteiger partial charge is 0.471 e. The van der Waals surface area contributed by atoms with Crippen molar-refractivity contribution in [2.45, 2.75) is 66.7 Å². The lowest BCUT2D eigenvalue weighted by atomic mass is 9.75. The summed E-state index contributed by atoms with van der Waals surface area (Å²) in [6.45, 7) is 11.9. The van der Waals surface area contributed by atoms with Gasteiger partial charge in [0.2, 0.25) is 5.88 Å². The second kappa shape index (κ2) is 13.8. The number of thiazole rings is 1. The summed E-state index contributed by atoms with van der Waals surface area (Å²) in [5.74, 6) is 0.455. The quantitative estimate of drug-likeness (QED) is 0.406. The van der Waals surface area contributed by atoms with Gasteiger partial charge in [0, 0.05) is 37.3 Å². The molecule has 2 atom stereocenters. The zero-order valence-corrected chi connectivity index (χ0v) is 22.2. The van der Waals surface area contributed by atoms with E-state index in [1.165, 1.54) is 24.6 Å². The number of methoxy groups -OCH3 is 1. The van der Waals surface area contributed by atoms with Crippen LogP contribution in [0.1, 0.15) is 51.1 Å². The number of piperidine rings is 1. The summed E-state index contributed by atoms with van der Waals surface area (Å²) in [5.41, 5.74) is 1.62. The lowest BCUT2D eigenvalue weighted by molar-refractivity contribution is -0.126. The first-order valence-corrected chi connectivity index (χ1v) is 12.6. The Morgan fingerprint density at radius 2 is 2.03 bits per heavy atom. The average molecular weight is 514 g/mol. The van der Waals surface area contributed by atoms with Crippen LogP contribution in [0.4, 0.5) is 8.78 Å². The number of aryl methyl sites for hydroxylation is 1. The second-order valence-electron chi connectivity index (χ2n) is 9.58. The first-order chi connectivity index (χ1) is 16.6. The van der Waals surface area contributed by atoms with Crippen LogP contribution >= 0.6 is 11.3 Å². The van der Waals surface area contributed by atoms with E-state index in [0.717, 1.165) is 49.7 Å². The van der Waals surface area contributed by atoms with E-state index in [2.05, 4.69) is 52.0 Å². The molecule has 7 nitrogen and oxygen atoms in total. The van der Waals surface area contributed by atoms with Crippen LogP contribution in [0.5, 0.6) is 5.88 Å². The Hall–Kier alpha value is -2.17. The van der Waals surface area contributed by atoms with E-state index in [1.807, 2.05) is 6.92 Å². The maximum atomic E-state index is 12.8. The second-order valence-corrected chi connectivity index (χ2v) is 10.7. The molecule has 2 aromatic rings. The fourth-order valence-electron chi connectivity index (χ4n) is 3.93. The van der Waals surface area contributed by atoms with Crippen molar-refractivity contribution in [1.29, 1.82) is 0 Å². The molecule has 2 aromatic heterocycles. The molecule has 0 spiro atoms. The summed E-state index contributed by atoms with van der Waals surface area (Å²) in [4.78, 5) is 21.1. The van der Waals surface area contributed by atoms with Crippen molar-refractivity contribution in [3.8, 4) is 16.5 Å². The number of aromatic nitrogens is 2. The van der Waals surface area contributed by atoms with Gasteiger partial charge in [-0.1, -0.05) is 27.7 Å². The molecule has 0 radical (unpaired) electrons. The molecule has 0 amide bonds. The van der Waals surface area contributed by atoms with Gasteiger partial charge >= 0.3 is 6.61 Å². The standard InChI is InChI=1S/C23H33F2N3O2S.C2H4O2/c1-6-10-29-17-11-16(23(3,4)5)12-28(13-17)14-19-15(2)27-21(31-19)18-8-7-9-26-20(18)30-22(24)25;1-4-2-3/h7-9,16-17,22H,6,10-14H2,1-5H3;2H,1H3. The Labute approximate surface area is 210 Å². The molecule has 1 aliphatic rings. The van der Waals surface area contributed by atoms with Gasteiger partial charge in [-0.2, -0.15) is 8.78 Å². The minimum absolute atomic E-state index is 0.0865. The summed E-state index contributed by atoms with van der Waals surface area (Å²) >= 11 is 1.52. The van der Waals surface area contributed by atoms with Crippen molar-refractivity contribution < 1.29 is 27.8 Å². The number of nitrogens with zero attached hydrogens (tertiary/aromatic N) is 3. The van der Waals surface area contributed by atoms with Gasteiger partial charge < -0.3 is 14.2 Å². The number of rotatable bonds is 9. The predicted octanol–water partition coefficient (Wildman–Crippen LogP) is 5.57. The number of carbonyl (C=O) groups is 1. The maximum absolute atomic E-state index is 12.8. The third-order valence-corrected chi connectivity index (χ3v) is 7.00. The Morgan fingerprint density at radius 1 is 1.31 bits per heavy atom. The van der Waals surface area contributed by atoms with E-state index >= 15 is 0 Å². The number of halogens is 2. The fraction of sp³-hybridized carbons (Fsp3) is 0.640. The van der Waals surface area contributed by atoms with E-state index in [1.54, 1.807) is 12.1 Å². The molecule has 196 valence electrons. The van der Waals surface area contributed by atoms with Gasteiger partial charge in [0.1, 0.15) is 5.01 Å². The number of ether oxygens (including phenoxy) is 3. The van der Waals surface area contributed by atoms with Crippen LogP contribution in [-0.2, 0) is 20.8 Å². The molecule has 3 rings (SSSR count). The lowest BCUT2D eigenvalue weighted by Gasteiger charge is -2.43. The Bertz CT molecular complexity index is 920. The lowest BCUT2D eigenvalue weighted by Crippen LogP contribution is -2.47. The molecule has 0 saturated carbocycles. The van der Waals surface area contributed by atoms with Gasteiger partial charge in [-0.05, 0) is 43.2 Å². The first kappa shape index (κ1) is 29.1. The average Bonchev–Trinajstić information content (AvgIpc) is 3.17. The maximum Gasteiger partial charge on any atom is 0.388 e. The summed E-state index contributed by atoms with van der Waals surface area (Å²) in [7, 11) is 1.31. The topological polar surface area (TPSA) is 73.8 Å². The Morgan fingerprint density at radius 3 is 2.63 bits per heavy atom. The number of alkyl halides is 2. The van der Waals surface area contributed by atoms with Crippen molar-refractivity contribution in [2.24, 2.45) is 11.3 Å². The zero-order valence-electron chi connectivity index (χ0n) is 21.4. The Kier molecular flexibility index (Phi) is 11.5. The highest BCUT2D eigenvalue weighted by atomic mass is 32.1. The fourth-order valence-corrected chi connectivity index (χ4v) is 5.05. The number of hydrogen-bond acceptors (Lipinski definition) is 8. The van der Waals surface area contributed by atoms with Crippen LogP contribution in [0.15, 0.2) is 18.3 Å². The summed E-state index contributed by atoms with van der Waals surface area (Å²) in [6, 6.07) is 3.43. The van der Waals surface area contributed by atoms with Crippen LogP contribution < -0.4 is 4.74 Å². The number of carbonyl (C=O) groups excluding carboxylic acids is 1. The number of pyridine rings is 1. The van der Waals surface area contributed by atoms with E-state index in [0.29, 0.717) is 23.0 Å². The first-order valence-electron chi connectivity index (χ1n) is 11.8. The highest BCUT2D eigenvalue weighted by molar-refractivity contribution is 7.15. The molecular weight excluding hydrogens is 476 g/mol. The van der Waals surface area contributed by atoms with Crippen molar-refractivity contribution >= 4 is 17.8 Å². The van der Waals surface area contributed by atoms with Crippen molar-refractivity contribution in [2.75, 3.05) is 26.8 Å². The predicted molar refractivity (Wildman–Crippen MR) is 133 cm³/mol. The molecule has 2 unspecified atom stereocenters. The van der Waals surface area contributed by atoms with Crippen LogP contribution in [0.25, 0.3) is 10.6 Å². The molecule has 0 aromatic carbocycles. The monoisotopic (exact) mass is 513 g/mol. The summed E-state index contributed by atoms with van der Waals surface area (Å²) in [6.07, 6.45) is 3.77. The molecule has 0 bridgehead atoms. The third-order valence-electron chi connectivity index (χ3n) is 5.83. The minimum atomic E-state index is -2.92. The van der Waals surface area contributed by atoms with Gasteiger partial charge in [0.15, 0.2) is 0 Å². The third kappa shape index (κ3) is 9.09. The van der Waals surface area contributed by atoms with Crippen molar-refractivity contribution in [3.05, 3.63) is 28.9 Å². The van der Waals surface area contributed by atoms with E-state index < -0.39 is 6.61 Å². The van der Waals surface area contributed by atoms with E-state index in [4.69, 9.17) is 9.53 Å². The molecule has 35 heavy (non-hydrogen) atoms. The molecule has 1 fully saturated rings. The van der Waals surface area contributed by atoms with Gasteiger partial charge in [0.25, 0.3) is 6.47 Å². The highest BCUT2D eigenvalue weighted by Crippen LogP contribution is 2.37. The number of hydrogen-bond donors (Lipinski definition) is 0. The molecule has 1 aliphatic heterocycles. The SMILES string of the molecule is CCCOC1CC(C(C)(C)C)CN(Cc2sc(-c3cccnc3OC(F)F)nc2C)C1.COC=O. The van der Waals surface area contributed by atoms with E-state index in [-0.39, 0.29) is 17.4 Å². The van der Waals surface area contributed by atoms with Crippen LogP contribution in [0.3, 0.4) is 0 Å². The van der Waals surface area contributed by atoms with Crippen molar-refractivity contribution in [3.63, 3.8) is 0 Å². The zero-order chi connectivity index (χ0) is 26.0. The van der Waals surface area contributed by atoms with Gasteiger partial charge in [-0.3, -0.25) is 9.69 Å². The summed E-state index contributed by atoms with van der Waals surface area (Å²) < 4.78 is 40.1. The Balaban J connectivity index is 0.00000100. The highest BCUT2D eigenvalue weighted by Gasteiger charge is 2.35. The molecule has 10 heteroatoms. The molecule has 3 heterocycles. The molecule has 0 N–H and O–H groups in total. The van der Waals surface area contributed by atoms with Gasteiger partial charge in [0.05, 0.1) is 24.5 Å². The minimum Gasteiger partial charge on any atom is -0.471 e. The van der Waals surface area contributed by atoms with Crippen LogP contribution in [-0.4, -0.2) is 60.9 Å².